The van der Waals surface area contributed by atoms with Crippen molar-refractivity contribution in [1.82, 2.24) is 5.32 Å². The van der Waals surface area contributed by atoms with Crippen molar-refractivity contribution in [3.63, 3.8) is 0 Å². The summed E-state index contributed by atoms with van der Waals surface area (Å²) in [6.07, 6.45) is 0. The van der Waals surface area contributed by atoms with Crippen LogP contribution in [-0.4, -0.2) is 24.9 Å². The summed E-state index contributed by atoms with van der Waals surface area (Å²) in [4.78, 5) is 0. The number of amidine groups is 1. The number of ether oxygens (including phenoxy) is 2. The lowest BCUT2D eigenvalue weighted by Gasteiger charge is -2.03. The highest BCUT2D eigenvalue weighted by Crippen LogP contribution is 2.32. The number of benzene rings is 1. The third kappa shape index (κ3) is 1.32. The van der Waals surface area contributed by atoms with Crippen LogP contribution >= 0.6 is 0 Å². The highest BCUT2D eigenvalue weighted by molar-refractivity contribution is 5.98. The van der Waals surface area contributed by atoms with E-state index in [4.69, 9.17) is 14.7 Å². The van der Waals surface area contributed by atoms with Crippen LogP contribution in [0.25, 0.3) is 0 Å². The molecule has 1 aromatic carbocycles. The summed E-state index contributed by atoms with van der Waals surface area (Å²) in [7, 11) is 1.68. The first-order chi connectivity index (χ1) is 6.85. The van der Waals surface area contributed by atoms with Crippen LogP contribution in [-0.2, 0) is 0 Å². The van der Waals surface area contributed by atoms with E-state index < -0.39 is 0 Å². The van der Waals surface area contributed by atoms with Crippen molar-refractivity contribution in [2.45, 2.75) is 0 Å². The highest BCUT2D eigenvalue weighted by atomic mass is 16.7. The molecule has 1 heterocycles. The van der Waals surface area contributed by atoms with E-state index in [0.717, 1.165) is 5.56 Å². The second kappa shape index (κ2) is 3.45. The molecule has 14 heavy (non-hydrogen) atoms. The molecule has 0 saturated carbocycles. The van der Waals surface area contributed by atoms with Gasteiger partial charge in [-0.2, -0.15) is 0 Å². The van der Waals surface area contributed by atoms with Crippen molar-refractivity contribution in [3.05, 3.63) is 23.8 Å². The minimum Gasteiger partial charge on any atom is -0.454 e. The first-order valence-electron chi connectivity index (χ1n) is 4.15. The van der Waals surface area contributed by atoms with Gasteiger partial charge in [-0.15, -0.1) is 0 Å². The molecule has 5 heteroatoms. The average Bonchev–Trinajstić information content (AvgIpc) is 2.66. The standard InChI is InChI=1S/C9H10N2O3/c1-10-9(11-12)6-2-3-7-8(4-6)14-5-13-7/h2-4,12H,5H2,1H3,(H,10,11). The van der Waals surface area contributed by atoms with E-state index in [9.17, 15) is 0 Å². The molecule has 1 aromatic rings. The fourth-order valence-electron chi connectivity index (χ4n) is 1.30. The molecule has 0 atom stereocenters. The van der Waals surface area contributed by atoms with E-state index in [1.807, 2.05) is 0 Å². The second-order valence-corrected chi connectivity index (χ2v) is 2.77. The van der Waals surface area contributed by atoms with Gasteiger partial charge in [0.25, 0.3) is 0 Å². The van der Waals surface area contributed by atoms with E-state index in [1.165, 1.54) is 0 Å². The maximum absolute atomic E-state index is 8.68. The molecule has 74 valence electrons. The smallest absolute Gasteiger partial charge is 0.231 e. The van der Waals surface area contributed by atoms with Gasteiger partial charge in [-0.05, 0) is 18.2 Å². The molecule has 0 saturated heterocycles. The Morgan fingerprint density at radius 3 is 2.93 bits per heavy atom. The Bertz CT molecular complexity index is 376. The van der Waals surface area contributed by atoms with Crippen LogP contribution < -0.4 is 14.8 Å². The topological polar surface area (TPSA) is 63.1 Å². The first-order valence-corrected chi connectivity index (χ1v) is 4.15. The summed E-state index contributed by atoms with van der Waals surface area (Å²) >= 11 is 0. The maximum Gasteiger partial charge on any atom is 0.231 e. The Hall–Kier alpha value is -1.91. The molecule has 5 nitrogen and oxygen atoms in total. The SMILES string of the molecule is CN/C(=N\O)c1ccc2c(c1)OCO2. The predicted molar refractivity (Wildman–Crippen MR) is 49.9 cm³/mol. The van der Waals surface area contributed by atoms with Crippen LogP contribution in [0.1, 0.15) is 5.56 Å². The Kier molecular flexibility index (Phi) is 2.14. The molecule has 0 unspecified atom stereocenters. The van der Waals surface area contributed by atoms with E-state index in [0.29, 0.717) is 17.3 Å². The molecule has 0 fully saturated rings. The Morgan fingerprint density at radius 1 is 1.43 bits per heavy atom. The van der Waals surface area contributed by atoms with Crippen LogP contribution in [0.2, 0.25) is 0 Å². The van der Waals surface area contributed by atoms with Crippen LogP contribution in [0.3, 0.4) is 0 Å². The molecule has 0 amide bonds. The lowest BCUT2D eigenvalue weighted by atomic mass is 10.2. The fraction of sp³-hybridized carbons (Fsp3) is 0.222. The minimum absolute atomic E-state index is 0.240. The molecule has 0 spiro atoms. The van der Waals surface area contributed by atoms with Crippen LogP contribution in [0.15, 0.2) is 23.4 Å². The molecule has 2 N–H and O–H groups in total. The van der Waals surface area contributed by atoms with Crippen molar-refractivity contribution in [3.8, 4) is 11.5 Å². The number of nitrogens with zero attached hydrogens (tertiary/aromatic N) is 1. The largest absolute Gasteiger partial charge is 0.454 e. The summed E-state index contributed by atoms with van der Waals surface area (Å²) in [6, 6.07) is 5.33. The number of nitrogens with one attached hydrogen (secondary N) is 1. The van der Waals surface area contributed by atoms with Crippen molar-refractivity contribution in [1.29, 1.82) is 0 Å². The van der Waals surface area contributed by atoms with Gasteiger partial charge in [0.2, 0.25) is 6.79 Å². The summed E-state index contributed by atoms with van der Waals surface area (Å²) in [5.41, 5.74) is 0.749. The molecular formula is C9H10N2O3. The first kappa shape index (κ1) is 8.68. The van der Waals surface area contributed by atoms with Crippen molar-refractivity contribution in [2.24, 2.45) is 5.16 Å². The Balaban J connectivity index is 2.37. The molecule has 1 aliphatic rings. The Morgan fingerprint density at radius 2 is 2.21 bits per heavy atom. The van der Waals surface area contributed by atoms with Gasteiger partial charge in [-0.3, -0.25) is 0 Å². The summed E-state index contributed by atoms with van der Waals surface area (Å²) in [6.45, 7) is 0.240. The molecule has 1 aliphatic heterocycles. The third-order valence-electron chi connectivity index (χ3n) is 1.98. The zero-order valence-corrected chi connectivity index (χ0v) is 7.65. The minimum atomic E-state index is 0.240. The van der Waals surface area contributed by atoms with Gasteiger partial charge >= 0.3 is 0 Å². The van der Waals surface area contributed by atoms with Crippen molar-refractivity contribution >= 4 is 5.84 Å². The normalized spacial score (nSPS) is 14.2. The van der Waals surface area contributed by atoms with Gasteiger partial charge in [0, 0.05) is 12.6 Å². The van der Waals surface area contributed by atoms with Gasteiger partial charge in [-0.25, -0.2) is 0 Å². The number of hydrogen-bond acceptors (Lipinski definition) is 4. The lowest BCUT2D eigenvalue weighted by molar-refractivity contribution is 0.174. The maximum atomic E-state index is 8.68. The number of rotatable bonds is 1. The average molecular weight is 194 g/mol. The van der Waals surface area contributed by atoms with Gasteiger partial charge in [0.05, 0.1) is 0 Å². The van der Waals surface area contributed by atoms with E-state index in [1.54, 1.807) is 25.2 Å². The zero-order valence-electron chi connectivity index (χ0n) is 7.65. The van der Waals surface area contributed by atoms with E-state index >= 15 is 0 Å². The summed E-state index contributed by atoms with van der Waals surface area (Å²) < 4.78 is 10.3. The molecular weight excluding hydrogens is 184 g/mol. The number of oxime groups is 1. The Labute approximate surface area is 80.9 Å². The van der Waals surface area contributed by atoms with Crippen LogP contribution in [0, 0.1) is 0 Å². The van der Waals surface area contributed by atoms with E-state index in [-0.39, 0.29) is 6.79 Å². The van der Waals surface area contributed by atoms with E-state index in [2.05, 4.69) is 10.5 Å². The monoisotopic (exact) mass is 194 g/mol. The summed E-state index contributed by atoms with van der Waals surface area (Å²) in [5, 5.41) is 14.6. The van der Waals surface area contributed by atoms with Crippen molar-refractivity contribution in [2.75, 3.05) is 13.8 Å². The molecule has 2 rings (SSSR count). The predicted octanol–water partition coefficient (Wildman–Crippen LogP) is 0.771. The number of hydrogen-bond donors (Lipinski definition) is 2. The molecule has 0 bridgehead atoms. The molecule has 0 radical (unpaired) electrons. The summed E-state index contributed by atoms with van der Waals surface area (Å²) in [5.74, 6) is 1.77. The quantitative estimate of drug-likeness (QED) is 0.300. The lowest BCUT2D eigenvalue weighted by Crippen LogP contribution is -2.19. The van der Waals surface area contributed by atoms with Crippen LogP contribution in [0.5, 0.6) is 11.5 Å². The molecule has 0 aliphatic carbocycles. The van der Waals surface area contributed by atoms with Crippen LogP contribution in [0.4, 0.5) is 0 Å². The third-order valence-corrected chi connectivity index (χ3v) is 1.98. The number of fused-ring (bicyclic) bond motifs is 1. The fourth-order valence-corrected chi connectivity index (χ4v) is 1.30. The molecule has 0 aromatic heterocycles. The van der Waals surface area contributed by atoms with Gasteiger partial charge < -0.3 is 20.0 Å². The zero-order chi connectivity index (χ0) is 9.97. The van der Waals surface area contributed by atoms with Gasteiger partial charge in [0.15, 0.2) is 17.3 Å². The van der Waals surface area contributed by atoms with Gasteiger partial charge in [0.1, 0.15) is 0 Å². The second-order valence-electron chi connectivity index (χ2n) is 2.77. The highest BCUT2D eigenvalue weighted by Gasteiger charge is 2.14. The van der Waals surface area contributed by atoms with Gasteiger partial charge in [-0.1, -0.05) is 5.16 Å². The van der Waals surface area contributed by atoms with Crippen molar-refractivity contribution < 1.29 is 14.7 Å².